The monoisotopic (exact) mass is 821 g/mol. The maximum absolute atomic E-state index is 10.5. The number of carbonyl (C=O) groups excluding carboxylic acids is 2. The van der Waals surface area contributed by atoms with Gasteiger partial charge in [-0.2, -0.15) is 0 Å². The van der Waals surface area contributed by atoms with Crippen molar-refractivity contribution in [3.63, 3.8) is 0 Å². The molecule has 0 aliphatic carbocycles. The van der Waals surface area contributed by atoms with Crippen LogP contribution in [-0.4, -0.2) is 58.4 Å². The average molecular weight is 821 g/mol. The van der Waals surface area contributed by atoms with Crippen LogP contribution < -0.4 is 10.6 Å². The fourth-order valence-corrected chi connectivity index (χ4v) is 5.75. The van der Waals surface area contributed by atoms with Gasteiger partial charge in [0.1, 0.15) is 15.7 Å². The summed E-state index contributed by atoms with van der Waals surface area (Å²) in [5, 5.41) is 5.33. The largest absolute Gasteiger partial charge is 0.342 e. The normalized spacial score (nSPS) is 9.88. The number of H-pyrrole nitrogens is 1. The second kappa shape index (κ2) is 40.8. The number of hydrogen-bond donors (Lipinski definition) is 3. The highest BCUT2D eigenvalue weighted by molar-refractivity contribution is 7.90. The fourth-order valence-electron chi connectivity index (χ4n) is 3.60. The van der Waals surface area contributed by atoms with Crippen molar-refractivity contribution < 1.29 is 22.2 Å². The summed E-state index contributed by atoms with van der Waals surface area (Å²) in [6.07, 6.45) is 4.30. The molecule has 322 valence electrons. The summed E-state index contributed by atoms with van der Waals surface area (Å²) in [6, 6.07) is 26.7. The third-order valence-electron chi connectivity index (χ3n) is 5.72. The highest BCUT2D eigenvalue weighted by Gasteiger charge is 2.03. The van der Waals surface area contributed by atoms with Crippen LogP contribution in [0.4, 0.5) is 11.4 Å². The summed E-state index contributed by atoms with van der Waals surface area (Å²) in [5.74, 6) is 3.75. The minimum Gasteiger partial charge on any atom is -0.342 e. The molecule has 0 aliphatic rings. The van der Waals surface area contributed by atoms with Gasteiger partial charge in [-0.3, -0.25) is 13.8 Å². The van der Waals surface area contributed by atoms with E-state index in [1.54, 1.807) is 6.26 Å². The van der Waals surface area contributed by atoms with Crippen LogP contribution >= 0.6 is 0 Å². The summed E-state index contributed by atoms with van der Waals surface area (Å²) >= 11 is 0. The summed E-state index contributed by atoms with van der Waals surface area (Å²) < 4.78 is 31.2. The lowest BCUT2D eigenvalue weighted by molar-refractivity contribution is -0.115. The first-order valence-corrected chi connectivity index (χ1v) is 23.6. The maximum Gasteiger partial charge on any atom is 0.221 e. The maximum atomic E-state index is 10.5. The number of carbonyl (C=O) groups is 2. The lowest BCUT2D eigenvalue weighted by Gasteiger charge is -1.98. The van der Waals surface area contributed by atoms with Gasteiger partial charge in [0.25, 0.3) is 0 Å². The molecule has 3 aromatic carbocycles. The number of hydrogen-bond acceptors (Lipinski definition) is 6. The molecule has 11 heteroatoms. The summed E-state index contributed by atoms with van der Waals surface area (Å²) in [7, 11) is -3.32. The third kappa shape index (κ3) is 48.2. The van der Waals surface area contributed by atoms with Crippen molar-refractivity contribution >= 4 is 54.9 Å². The van der Waals surface area contributed by atoms with Crippen LogP contribution in [0.25, 0.3) is 11.0 Å². The number of anilines is 2. The van der Waals surface area contributed by atoms with E-state index in [0.29, 0.717) is 11.7 Å². The smallest absolute Gasteiger partial charge is 0.221 e. The van der Waals surface area contributed by atoms with Crippen molar-refractivity contribution in [1.29, 1.82) is 0 Å². The topological polar surface area (TPSA) is 138 Å². The lowest BCUT2D eigenvalue weighted by atomic mass is 10.2. The molecule has 1 atom stereocenters. The molecule has 1 heterocycles. The Morgan fingerprint density at radius 1 is 0.679 bits per heavy atom. The first-order chi connectivity index (χ1) is 26.2. The third-order valence-corrected chi connectivity index (χ3v) is 8.12. The van der Waals surface area contributed by atoms with E-state index in [1.165, 1.54) is 26.5 Å². The molecule has 0 saturated carbocycles. The molecule has 0 aliphatic heterocycles. The van der Waals surface area contributed by atoms with Crippen LogP contribution in [0.3, 0.4) is 0 Å². The van der Waals surface area contributed by atoms with Gasteiger partial charge in [-0.1, -0.05) is 145 Å². The highest BCUT2D eigenvalue weighted by Crippen LogP contribution is 2.09. The molecule has 9 nitrogen and oxygen atoms in total. The summed E-state index contributed by atoms with van der Waals surface area (Å²) in [5.41, 5.74) is 3.84. The number of aryl methyl sites for hydroxylation is 1. The van der Waals surface area contributed by atoms with E-state index in [0.717, 1.165) is 39.9 Å². The van der Waals surface area contributed by atoms with Gasteiger partial charge in [-0.05, 0) is 61.1 Å². The predicted molar refractivity (Wildman–Crippen MR) is 250 cm³/mol. The Hall–Kier alpha value is -3.83. The van der Waals surface area contributed by atoms with Gasteiger partial charge in [-0.25, -0.2) is 13.4 Å². The zero-order chi connectivity index (χ0) is 44.7. The molecule has 2 amide bonds. The second-order valence-corrected chi connectivity index (χ2v) is 16.5. The molecule has 0 radical (unpaired) electrons. The van der Waals surface area contributed by atoms with E-state index in [4.69, 9.17) is 0 Å². The SMILES string of the molecule is CC.CC.CC.CC(=O)Nc1ccccc1.CC(=O)Nc1ccccc1.CC(C)CS(C)(=O)=O.CC(C)CS(C)=O.CCC(C)C.Cc1nc2ccccc2[nH]1. The van der Waals surface area contributed by atoms with Crippen LogP contribution in [0.15, 0.2) is 84.9 Å². The number of aromatic amines is 1. The second-order valence-electron chi connectivity index (χ2n) is 12.9. The van der Waals surface area contributed by atoms with Crippen molar-refractivity contribution in [3.8, 4) is 0 Å². The minimum absolute atomic E-state index is 0.0359. The lowest BCUT2D eigenvalue weighted by Crippen LogP contribution is -2.08. The van der Waals surface area contributed by atoms with Crippen molar-refractivity contribution in [2.24, 2.45) is 17.8 Å². The number of nitrogens with zero attached hydrogens (tertiary/aromatic N) is 1. The zero-order valence-electron chi connectivity index (χ0n) is 38.2. The summed E-state index contributed by atoms with van der Waals surface area (Å²) in [4.78, 5) is 28.4. The van der Waals surface area contributed by atoms with Crippen LogP contribution in [0.2, 0.25) is 0 Å². The van der Waals surface area contributed by atoms with Crippen LogP contribution in [0.5, 0.6) is 0 Å². The van der Waals surface area contributed by atoms with Gasteiger partial charge in [0.05, 0.1) is 16.8 Å². The van der Waals surface area contributed by atoms with Crippen LogP contribution in [0.1, 0.15) is 116 Å². The van der Waals surface area contributed by atoms with E-state index >= 15 is 0 Å². The van der Waals surface area contributed by atoms with E-state index < -0.39 is 20.6 Å². The van der Waals surface area contributed by atoms with E-state index in [1.807, 2.05) is 147 Å². The molecule has 1 unspecified atom stereocenters. The number of sulfone groups is 1. The molecule has 0 bridgehead atoms. The molecule has 0 spiro atoms. The first kappa shape index (κ1) is 61.4. The molecule has 4 aromatic rings. The van der Waals surface area contributed by atoms with E-state index in [9.17, 15) is 22.2 Å². The van der Waals surface area contributed by atoms with Crippen LogP contribution in [0, 0.1) is 24.7 Å². The van der Waals surface area contributed by atoms with Gasteiger partial charge in [0.15, 0.2) is 0 Å². The molecule has 56 heavy (non-hydrogen) atoms. The molecular weight excluding hydrogens is 741 g/mol. The number of benzene rings is 3. The first-order valence-electron chi connectivity index (χ1n) is 19.8. The molecule has 3 N–H and O–H groups in total. The Balaban J connectivity index is -0.000000183. The highest BCUT2D eigenvalue weighted by atomic mass is 32.2. The Morgan fingerprint density at radius 2 is 1.04 bits per heavy atom. The fraction of sp³-hybridized carbons (Fsp3) is 0.533. The van der Waals surface area contributed by atoms with E-state index in [2.05, 4.69) is 55.2 Å². The Kier molecular flexibility index (Phi) is 44.8. The van der Waals surface area contributed by atoms with E-state index in [-0.39, 0.29) is 17.7 Å². The minimum atomic E-state index is -2.72. The zero-order valence-corrected chi connectivity index (χ0v) is 39.9. The predicted octanol–water partition coefficient (Wildman–Crippen LogP) is 12.0. The van der Waals surface area contributed by atoms with Gasteiger partial charge in [0, 0.05) is 54.3 Å². The van der Waals surface area contributed by atoms with Crippen molar-refractivity contribution in [2.75, 3.05) is 34.7 Å². The number of para-hydroxylation sites is 4. The van der Waals surface area contributed by atoms with Gasteiger partial charge in [0.2, 0.25) is 11.8 Å². The standard InChI is InChI=1S/C8H8N2.2C8H9NO.C5H12O2S.C5H12OS.C5H12.3C2H6/c1-6-9-7-4-2-3-5-8(7)10-6;2*1-7(10)9-8-5-3-2-4-6-8;1-5(2)4-8(3,6)7;1-5(2)4-7(3)6;1-4-5(2)3;3*1-2/h2-5H,1H3,(H,9,10);2*2-6H,1H3,(H,9,10);5H,4H2,1-3H3;5H,4H2,1-3H3;5H,4H2,1-3H3;3*1-2H3. The average Bonchev–Trinajstić information content (AvgIpc) is 3.51. The molecule has 0 saturated heterocycles. The number of nitrogens with one attached hydrogen (secondary N) is 3. The molecular formula is C45H80N4O5S2. The number of aromatic nitrogens is 2. The Bertz CT molecular complexity index is 1510. The van der Waals surface area contributed by atoms with Crippen molar-refractivity contribution in [1.82, 2.24) is 9.97 Å². The quantitative estimate of drug-likeness (QED) is 0.170. The molecule has 4 rings (SSSR count). The number of fused-ring (bicyclic) bond motifs is 1. The number of amides is 2. The Labute approximate surface area is 346 Å². The van der Waals surface area contributed by atoms with Gasteiger partial charge in [-0.15, -0.1) is 0 Å². The number of imidazole rings is 1. The molecule has 0 fully saturated rings. The molecule has 1 aromatic heterocycles. The van der Waals surface area contributed by atoms with Crippen molar-refractivity contribution in [3.05, 3.63) is 90.8 Å². The van der Waals surface area contributed by atoms with Gasteiger partial charge < -0.3 is 15.6 Å². The number of rotatable bonds is 7. The van der Waals surface area contributed by atoms with Gasteiger partial charge >= 0.3 is 0 Å². The van der Waals surface area contributed by atoms with Crippen molar-refractivity contribution in [2.45, 2.75) is 117 Å². The van der Waals surface area contributed by atoms with Crippen LogP contribution in [-0.2, 0) is 30.2 Å². The summed E-state index contributed by atoms with van der Waals surface area (Å²) in [6.45, 7) is 31.5. The Morgan fingerprint density at radius 3 is 1.27 bits per heavy atom.